The van der Waals surface area contributed by atoms with Crippen LogP contribution in [0.15, 0.2) is 72.9 Å². The van der Waals surface area contributed by atoms with Crippen LogP contribution in [0.5, 0.6) is 11.5 Å². The van der Waals surface area contributed by atoms with Gasteiger partial charge in [-0.25, -0.2) is 4.39 Å². The predicted octanol–water partition coefficient (Wildman–Crippen LogP) is 6.28. The van der Waals surface area contributed by atoms with Crippen molar-refractivity contribution in [3.8, 4) is 11.5 Å². The molecule has 0 radical (unpaired) electrons. The number of benzene rings is 3. The van der Waals surface area contributed by atoms with Gasteiger partial charge in [-0.1, -0.05) is 30.3 Å². The molecule has 0 aliphatic rings. The second-order valence-corrected chi connectivity index (χ2v) is 8.82. The fourth-order valence-electron chi connectivity index (χ4n) is 4.23. The van der Waals surface area contributed by atoms with Crippen LogP contribution in [0.4, 0.5) is 23.2 Å². The van der Waals surface area contributed by atoms with E-state index in [0.717, 1.165) is 18.2 Å². The molecule has 11 heteroatoms. The highest BCUT2D eigenvalue weighted by Gasteiger charge is 2.32. The number of Topliss-reactive ketones (excluding diaryl/α,β-unsaturated/α-hetero) is 1. The van der Waals surface area contributed by atoms with E-state index in [1.54, 1.807) is 38.1 Å². The Kier molecular flexibility index (Phi) is 8.22. The minimum atomic E-state index is -4.77. The number of amides is 2. The molecule has 208 valence electrons. The van der Waals surface area contributed by atoms with Gasteiger partial charge in [-0.3, -0.25) is 14.4 Å². The Morgan fingerprint density at radius 1 is 0.950 bits per heavy atom. The zero-order valence-corrected chi connectivity index (χ0v) is 21.6. The highest BCUT2D eigenvalue weighted by molar-refractivity contribution is 6.44. The summed E-state index contributed by atoms with van der Waals surface area (Å²) in [6, 6.07) is 14.5. The molecule has 4 rings (SSSR count). The van der Waals surface area contributed by atoms with Crippen molar-refractivity contribution in [3.05, 3.63) is 89.9 Å². The molecule has 1 aromatic heterocycles. The van der Waals surface area contributed by atoms with Crippen LogP contribution in [-0.2, 0) is 22.3 Å². The van der Waals surface area contributed by atoms with E-state index in [1.165, 1.54) is 33.9 Å². The molecule has 0 spiro atoms. The van der Waals surface area contributed by atoms with Gasteiger partial charge in [0, 0.05) is 41.9 Å². The number of nitrogens with one attached hydrogen (secondary N) is 1. The highest BCUT2D eigenvalue weighted by Crippen LogP contribution is 2.36. The fourth-order valence-corrected chi connectivity index (χ4v) is 4.23. The average Bonchev–Trinajstić information content (AvgIpc) is 3.27. The Hall–Kier alpha value is -4.67. The number of fused-ring (bicyclic) bond motifs is 1. The van der Waals surface area contributed by atoms with Gasteiger partial charge < -0.3 is 19.5 Å². The molecule has 0 saturated carbocycles. The number of hydrogen-bond acceptors (Lipinski definition) is 4. The van der Waals surface area contributed by atoms with Gasteiger partial charge in [-0.15, -0.1) is 0 Å². The summed E-state index contributed by atoms with van der Waals surface area (Å²) < 4.78 is 61.5. The number of nitrogens with zero attached hydrogens (tertiary/aromatic N) is 2. The second kappa shape index (κ2) is 11.6. The van der Waals surface area contributed by atoms with E-state index in [4.69, 9.17) is 4.74 Å². The number of hydrogen-bond donors (Lipinski definition) is 1. The van der Waals surface area contributed by atoms with Crippen molar-refractivity contribution in [3.63, 3.8) is 0 Å². The molecule has 4 aromatic rings. The van der Waals surface area contributed by atoms with E-state index in [1.807, 2.05) is 0 Å². The second-order valence-electron chi connectivity index (χ2n) is 8.82. The largest absolute Gasteiger partial charge is 0.454 e. The third-order valence-corrected chi connectivity index (χ3v) is 6.17. The van der Waals surface area contributed by atoms with Crippen molar-refractivity contribution < 1.29 is 36.7 Å². The molecule has 0 saturated heterocycles. The van der Waals surface area contributed by atoms with Crippen molar-refractivity contribution in [2.45, 2.75) is 26.6 Å². The van der Waals surface area contributed by atoms with Gasteiger partial charge in [0.2, 0.25) is 5.91 Å². The Bertz CT molecular complexity index is 1580. The maximum atomic E-state index is 14.0. The molecule has 0 aliphatic heterocycles. The molecule has 0 unspecified atom stereocenters. The van der Waals surface area contributed by atoms with Gasteiger partial charge in [0.15, 0.2) is 11.6 Å². The number of likely N-dealkylation sites (N-methyl/N-ethyl adjacent to an activating group) is 1. The van der Waals surface area contributed by atoms with Crippen LogP contribution < -0.4 is 10.1 Å². The molecule has 0 aliphatic carbocycles. The molecule has 0 fully saturated rings. The van der Waals surface area contributed by atoms with Crippen molar-refractivity contribution in [2.24, 2.45) is 0 Å². The maximum Gasteiger partial charge on any atom is 0.416 e. The smallest absolute Gasteiger partial charge is 0.416 e. The van der Waals surface area contributed by atoms with E-state index in [2.05, 4.69) is 5.32 Å². The summed E-state index contributed by atoms with van der Waals surface area (Å²) >= 11 is 0. The zero-order valence-electron chi connectivity index (χ0n) is 21.6. The summed E-state index contributed by atoms with van der Waals surface area (Å²) in [5, 5.41) is 2.87. The molecular formula is C29H25F4N3O4. The quantitative estimate of drug-likeness (QED) is 0.150. The van der Waals surface area contributed by atoms with E-state index in [-0.39, 0.29) is 29.3 Å². The van der Waals surface area contributed by atoms with Crippen LogP contribution >= 0.6 is 0 Å². The molecule has 3 aromatic carbocycles. The first-order chi connectivity index (χ1) is 19.0. The number of ketones is 1. The highest BCUT2D eigenvalue weighted by atomic mass is 19.4. The first-order valence-corrected chi connectivity index (χ1v) is 12.4. The van der Waals surface area contributed by atoms with Crippen LogP contribution in [0.1, 0.15) is 29.8 Å². The van der Waals surface area contributed by atoms with Gasteiger partial charge >= 0.3 is 6.18 Å². The standard InChI is InChI=1S/C29H25F4N3O4/c1-3-35(4-2)28(39)27(38)22-16-36(24-11-7-5-9-21(22)24)17-26(37)34-19-13-18(29(31,32)33)14-20(15-19)40-25-12-8-6-10-23(25)30/h5-16H,3-4,17H2,1-2H3,(H,34,37). The molecule has 1 N–H and O–H groups in total. The van der Waals surface area contributed by atoms with E-state index in [0.29, 0.717) is 30.1 Å². The number of aromatic nitrogens is 1. The topological polar surface area (TPSA) is 80.6 Å². The summed E-state index contributed by atoms with van der Waals surface area (Å²) in [4.78, 5) is 40.0. The molecule has 2 amide bonds. The third-order valence-electron chi connectivity index (χ3n) is 6.17. The number of alkyl halides is 3. The number of rotatable bonds is 9. The van der Waals surface area contributed by atoms with Crippen molar-refractivity contribution in [2.75, 3.05) is 18.4 Å². The predicted molar refractivity (Wildman–Crippen MR) is 141 cm³/mol. The molecule has 0 bridgehead atoms. The normalized spacial score (nSPS) is 11.3. The summed E-state index contributed by atoms with van der Waals surface area (Å²) in [6.07, 6.45) is -3.38. The number of carbonyl (C=O) groups excluding carboxylic acids is 3. The first kappa shape index (κ1) is 28.3. The van der Waals surface area contributed by atoms with Crippen LogP contribution in [0.3, 0.4) is 0 Å². The number of anilines is 1. The minimum absolute atomic E-state index is 0.111. The summed E-state index contributed by atoms with van der Waals surface area (Å²) in [7, 11) is 0. The molecule has 7 nitrogen and oxygen atoms in total. The third kappa shape index (κ3) is 6.14. The van der Waals surface area contributed by atoms with Gasteiger partial charge in [0.1, 0.15) is 12.3 Å². The maximum absolute atomic E-state index is 14.0. The van der Waals surface area contributed by atoms with Crippen LogP contribution in [0.25, 0.3) is 10.9 Å². The lowest BCUT2D eigenvalue weighted by atomic mass is 10.1. The number of carbonyl (C=O) groups is 3. The number of para-hydroxylation sites is 2. The van der Waals surface area contributed by atoms with Gasteiger partial charge in [0.05, 0.1) is 11.1 Å². The molecular weight excluding hydrogens is 530 g/mol. The summed E-state index contributed by atoms with van der Waals surface area (Å²) in [5.74, 6) is -3.49. The zero-order chi connectivity index (χ0) is 29.0. The Balaban J connectivity index is 1.62. The van der Waals surface area contributed by atoms with E-state index >= 15 is 0 Å². The van der Waals surface area contributed by atoms with Gasteiger partial charge in [-0.2, -0.15) is 13.2 Å². The summed E-state index contributed by atoms with van der Waals surface area (Å²) in [5.41, 5.74) is -0.734. The lowest BCUT2D eigenvalue weighted by Crippen LogP contribution is -2.36. The molecule has 0 atom stereocenters. The SMILES string of the molecule is CCN(CC)C(=O)C(=O)c1cn(CC(=O)Nc2cc(Oc3ccccc3F)cc(C(F)(F)F)c2)c2ccccc12. The monoisotopic (exact) mass is 555 g/mol. The van der Waals surface area contributed by atoms with E-state index in [9.17, 15) is 31.9 Å². The average molecular weight is 556 g/mol. The van der Waals surface area contributed by atoms with Crippen LogP contribution in [-0.4, -0.2) is 40.2 Å². The number of halogens is 4. The first-order valence-electron chi connectivity index (χ1n) is 12.4. The van der Waals surface area contributed by atoms with E-state index < -0.39 is 35.2 Å². The van der Waals surface area contributed by atoms with Crippen molar-refractivity contribution in [1.29, 1.82) is 0 Å². The fraction of sp³-hybridized carbons (Fsp3) is 0.207. The Morgan fingerprint density at radius 2 is 1.62 bits per heavy atom. The minimum Gasteiger partial charge on any atom is -0.454 e. The van der Waals surface area contributed by atoms with Crippen LogP contribution in [0.2, 0.25) is 0 Å². The van der Waals surface area contributed by atoms with Gasteiger partial charge in [-0.05, 0) is 44.2 Å². The summed E-state index contributed by atoms with van der Waals surface area (Å²) in [6.45, 7) is 3.84. The van der Waals surface area contributed by atoms with Crippen LogP contribution in [0, 0.1) is 5.82 Å². The lowest BCUT2D eigenvalue weighted by Gasteiger charge is -2.17. The lowest BCUT2D eigenvalue weighted by molar-refractivity contribution is -0.137. The molecule has 40 heavy (non-hydrogen) atoms. The number of ether oxygens (including phenoxy) is 1. The Morgan fingerprint density at radius 3 is 2.30 bits per heavy atom. The van der Waals surface area contributed by atoms with Crippen molar-refractivity contribution in [1.82, 2.24) is 9.47 Å². The van der Waals surface area contributed by atoms with Crippen molar-refractivity contribution >= 4 is 34.2 Å². The molecule has 1 heterocycles. The van der Waals surface area contributed by atoms with Gasteiger partial charge in [0.25, 0.3) is 11.7 Å². The Labute approximate surface area is 227 Å².